The number of aliphatic hydroxyl groups is 1. The lowest BCUT2D eigenvalue weighted by atomic mass is 10.0. The van der Waals surface area contributed by atoms with Crippen molar-refractivity contribution in [2.75, 3.05) is 31.1 Å². The Labute approximate surface area is 174 Å². The molecule has 0 bridgehead atoms. The fourth-order valence-electron chi connectivity index (χ4n) is 4.40. The first-order valence-electron chi connectivity index (χ1n) is 10.9. The van der Waals surface area contributed by atoms with Gasteiger partial charge in [0.1, 0.15) is 12.4 Å². The zero-order valence-electron chi connectivity index (χ0n) is 17.2. The third kappa shape index (κ3) is 5.10. The smallest absolute Gasteiger partial charge is 0.143 e. The zero-order chi connectivity index (χ0) is 20.1. The van der Waals surface area contributed by atoms with Gasteiger partial charge in [-0.2, -0.15) is 0 Å². The molecule has 0 amide bonds. The van der Waals surface area contributed by atoms with Crippen molar-refractivity contribution in [1.29, 1.82) is 0 Å². The first kappa shape index (κ1) is 20.2. The Morgan fingerprint density at radius 1 is 1.00 bits per heavy atom. The molecule has 0 aromatic heterocycles. The number of anilines is 2. The molecule has 5 heteroatoms. The average molecular weight is 396 g/mol. The van der Waals surface area contributed by atoms with E-state index in [1.807, 2.05) is 12.1 Å². The van der Waals surface area contributed by atoms with Crippen molar-refractivity contribution in [2.24, 2.45) is 5.73 Å². The van der Waals surface area contributed by atoms with Crippen LogP contribution in [0.25, 0.3) is 0 Å². The number of nitrogens with two attached hydrogens (primary N) is 1. The predicted molar refractivity (Wildman–Crippen MR) is 118 cm³/mol. The quantitative estimate of drug-likeness (QED) is 0.701. The van der Waals surface area contributed by atoms with Gasteiger partial charge < -0.3 is 25.4 Å². The summed E-state index contributed by atoms with van der Waals surface area (Å²) in [4.78, 5) is 4.72. The second-order valence-electron chi connectivity index (χ2n) is 8.32. The van der Waals surface area contributed by atoms with Gasteiger partial charge in [-0.15, -0.1) is 0 Å². The third-order valence-corrected chi connectivity index (χ3v) is 6.09. The molecular formula is C24H33N3O2. The van der Waals surface area contributed by atoms with Crippen LogP contribution in [0.5, 0.6) is 5.75 Å². The average Bonchev–Trinajstić information content (AvgIpc) is 2.90. The minimum absolute atomic E-state index is 0.253. The highest BCUT2D eigenvalue weighted by Gasteiger charge is 2.21. The largest absolute Gasteiger partial charge is 0.487 e. The summed E-state index contributed by atoms with van der Waals surface area (Å²) in [5.41, 5.74) is 9.54. The van der Waals surface area contributed by atoms with Gasteiger partial charge in [-0.1, -0.05) is 30.3 Å². The fourth-order valence-corrected chi connectivity index (χ4v) is 4.40. The second kappa shape index (κ2) is 9.61. The number of aliphatic hydroxyl groups excluding tert-OH is 1. The maximum absolute atomic E-state index is 10.5. The molecule has 2 aliphatic heterocycles. The number of ether oxygens (including phenoxy) is 1. The molecule has 156 valence electrons. The van der Waals surface area contributed by atoms with Crippen molar-refractivity contribution in [3.8, 4) is 5.75 Å². The molecule has 3 N–H and O–H groups in total. The minimum Gasteiger partial charge on any atom is -0.487 e. The van der Waals surface area contributed by atoms with Crippen LogP contribution in [0.3, 0.4) is 0 Å². The van der Waals surface area contributed by atoms with Crippen molar-refractivity contribution in [2.45, 2.75) is 50.9 Å². The summed E-state index contributed by atoms with van der Waals surface area (Å²) in [7, 11) is 0. The summed E-state index contributed by atoms with van der Waals surface area (Å²) in [5.74, 6) is 0.937. The molecule has 4 rings (SSSR count). The number of hydrogen-bond acceptors (Lipinski definition) is 5. The van der Waals surface area contributed by atoms with E-state index in [4.69, 9.17) is 10.5 Å². The highest BCUT2D eigenvalue weighted by molar-refractivity contribution is 5.72. The Balaban J connectivity index is 1.32. The van der Waals surface area contributed by atoms with E-state index in [1.165, 1.54) is 11.3 Å². The van der Waals surface area contributed by atoms with Gasteiger partial charge in [-0.3, -0.25) is 0 Å². The molecule has 5 nitrogen and oxygen atoms in total. The molecule has 1 unspecified atom stereocenters. The van der Waals surface area contributed by atoms with Crippen LogP contribution in [-0.2, 0) is 6.61 Å². The lowest BCUT2D eigenvalue weighted by Gasteiger charge is -2.31. The lowest BCUT2D eigenvalue weighted by Crippen LogP contribution is -2.42. The number of rotatable bonds is 7. The van der Waals surface area contributed by atoms with E-state index < -0.39 is 0 Å². The molecule has 0 aliphatic carbocycles. The number of nitrogens with zero attached hydrogens (tertiary/aromatic N) is 2. The van der Waals surface area contributed by atoms with Gasteiger partial charge in [-0.25, -0.2) is 0 Å². The molecule has 2 heterocycles. The van der Waals surface area contributed by atoms with Crippen LogP contribution < -0.4 is 15.4 Å². The van der Waals surface area contributed by atoms with Crippen LogP contribution >= 0.6 is 0 Å². The lowest BCUT2D eigenvalue weighted by molar-refractivity contribution is 0.0897. The van der Waals surface area contributed by atoms with E-state index in [2.05, 4.69) is 46.2 Å². The number of unbranched alkanes of at least 4 members (excludes halogenated alkanes) is 1. The standard InChI is InChI=1S/C24H33N3O2/c25-20-12-15-26(16-13-20)17-21(28)8-5-6-14-27-22-9-2-1-7-19(22)18-29-24-11-4-3-10-23(24)27/h1-4,7,9-11,20-21,28H,5-6,8,12-18,25H2. The van der Waals surface area contributed by atoms with Gasteiger partial charge in [0.15, 0.2) is 0 Å². The number of hydrogen-bond donors (Lipinski definition) is 2. The Morgan fingerprint density at radius 2 is 1.72 bits per heavy atom. The molecule has 0 spiro atoms. The Morgan fingerprint density at radius 3 is 2.55 bits per heavy atom. The molecule has 0 radical (unpaired) electrons. The molecule has 2 aliphatic rings. The van der Waals surface area contributed by atoms with E-state index >= 15 is 0 Å². The second-order valence-corrected chi connectivity index (χ2v) is 8.32. The van der Waals surface area contributed by atoms with E-state index in [1.54, 1.807) is 0 Å². The van der Waals surface area contributed by atoms with Crippen molar-refractivity contribution in [3.05, 3.63) is 54.1 Å². The molecule has 1 fully saturated rings. The van der Waals surface area contributed by atoms with Crippen LogP contribution in [0.2, 0.25) is 0 Å². The summed E-state index contributed by atoms with van der Waals surface area (Å²) in [6, 6.07) is 17.1. The van der Waals surface area contributed by atoms with Crippen LogP contribution in [0.4, 0.5) is 11.4 Å². The number of β-amino-alcohol motifs (C(OH)–C–C–N with tert-alkyl or cyclic N) is 1. The van der Waals surface area contributed by atoms with Crippen LogP contribution in [0, 0.1) is 0 Å². The highest BCUT2D eigenvalue weighted by Crippen LogP contribution is 2.39. The molecule has 2 aromatic carbocycles. The Bertz CT molecular complexity index is 742. The van der Waals surface area contributed by atoms with Crippen LogP contribution in [0.15, 0.2) is 48.5 Å². The number of likely N-dealkylation sites (tertiary alicyclic amines) is 1. The minimum atomic E-state index is -0.253. The van der Waals surface area contributed by atoms with E-state index in [9.17, 15) is 5.11 Å². The fraction of sp³-hybridized carbons (Fsp3) is 0.500. The summed E-state index contributed by atoms with van der Waals surface area (Å²) in [6.45, 7) is 4.32. The van der Waals surface area contributed by atoms with Gasteiger partial charge in [0.05, 0.1) is 11.8 Å². The first-order valence-corrected chi connectivity index (χ1v) is 10.9. The summed E-state index contributed by atoms with van der Waals surface area (Å²) >= 11 is 0. The monoisotopic (exact) mass is 395 g/mol. The van der Waals surface area contributed by atoms with Gasteiger partial charge in [0, 0.05) is 30.4 Å². The van der Waals surface area contributed by atoms with Crippen molar-refractivity contribution >= 4 is 11.4 Å². The van der Waals surface area contributed by atoms with Gasteiger partial charge >= 0.3 is 0 Å². The van der Waals surface area contributed by atoms with Gasteiger partial charge in [0.2, 0.25) is 0 Å². The van der Waals surface area contributed by atoms with Gasteiger partial charge in [-0.05, 0) is 63.4 Å². The van der Waals surface area contributed by atoms with Crippen LogP contribution in [0.1, 0.15) is 37.7 Å². The summed E-state index contributed by atoms with van der Waals surface area (Å²) < 4.78 is 6.05. The molecule has 29 heavy (non-hydrogen) atoms. The molecular weight excluding hydrogens is 362 g/mol. The maximum Gasteiger partial charge on any atom is 0.143 e. The molecule has 0 saturated carbocycles. The van der Waals surface area contributed by atoms with Crippen LogP contribution in [-0.4, -0.2) is 48.3 Å². The number of benzene rings is 2. The van der Waals surface area contributed by atoms with Gasteiger partial charge in [0.25, 0.3) is 0 Å². The maximum atomic E-state index is 10.5. The number of fused-ring (bicyclic) bond motifs is 2. The van der Waals surface area contributed by atoms with Crippen molar-refractivity contribution in [1.82, 2.24) is 4.90 Å². The Hall–Kier alpha value is -2.08. The SMILES string of the molecule is NC1CCN(CC(O)CCCCN2c3ccccc3COc3ccccc32)CC1. The third-order valence-electron chi connectivity index (χ3n) is 6.09. The summed E-state index contributed by atoms with van der Waals surface area (Å²) in [5, 5.41) is 10.5. The molecule has 1 atom stereocenters. The predicted octanol–water partition coefficient (Wildman–Crippen LogP) is 3.67. The topological polar surface area (TPSA) is 62.0 Å². The number of para-hydroxylation sites is 3. The van der Waals surface area contributed by atoms with Crippen molar-refractivity contribution < 1.29 is 9.84 Å². The first-order chi connectivity index (χ1) is 14.2. The summed E-state index contributed by atoms with van der Waals surface area (Å²) in [6.07, 6.45) is 4.72. The molecule has 1 saturated heterocycles. The highest BCUT2D eigenvalue weighted by atomic mass is 16.5. The van der Waals surface area contributed by atoms with E-state index in [0.717, 1.165) is 69.7 Å². The Kier molecular flexibility index (Phi) is 6.70. The number of piperidine rings is 1. The molecule has 2 aromatic rings. The zero-order valence-corrected chi connectivity index (χ0v) is 17.2. The normalized spacial score (nSPS) is 18.5. The van der Waals surface area contributed by atoms with Crippen molar-refractivity contribution in [3.63, 3.8) is 0 Å². The van der Waals surface area contributed by atoms with E-state index in [-0.39, 0.29) is 6.10 Å². The van der Waals surface area contributed by atoms with E-state index in [0.29, 0.717) is 12.6 Å².